The second-order valence-corrected chi connectivity index (χ2v) is 3.82. The molecule has 68 valence electrons. The number of nitrogens with one attached hydrogen (secondary N) is 1. The summed E-state index contributed by atoms with van der Waals surface area (Å²) in [6.45, 7) is 4.32. The van der Waals surface area contributed by atoms with Gasteiger partial charge in [-0.25, -0.2) is 4.98 Å². The van der Waals surface area contributed by atoms with E-state index < -0.39 is 0 Å². The molecule has 13 heavy (non-hydrogen) atoms. The molecule has 0 aliphatic carbocycles. The molecule has 0 saturated carbocycles. The first kappa shape index (κ1) is 8.57. The molecule has 0 aliphatic rings. The van der Waals surface area contributed by atoms with E-state index in [2.05, 4.69) is 35.9 Å². The molecular formula is C10H11ClN2. The van der Waals surface area contributed by atoms with Gasteiger partial charge in [-0.3, -0.25) is 0 Å². The van der Waals surface area contributed by atoms with E-state index in [4.69, 9.17) is 11.6 Å². The van der Waals surface area contributed by atoms with Gasteiger partial charge in [0.15, 0.2) is 0 Å². The maximum Gasteiger partial charge on any atom is 0.201 e. The van der Waals surface area contributed by atoms with Crippen molar-refractivity contribution in [2.45, 2.75) is 19.8 Å². The third kappa shape index (κ3) is 1.54. The van der Waals surface area contributed by atoms with Crippen LogP contribution in [-0.2, 0) is 0 Å². The molecule has 0 saturated heterocycles. The summed E-state index contributed by atoms with van der Waals surface area (Å²) < 4.78 is 0. The summed E-state index contributed by atoms with van der Waals surface area (Å²) >= 11 is 5.75. The second-order valence-electron chi connectivity index (χ2n) is 3.46. The van der Waals surface area contributed by atoms with Crippen molar-refractivity contribution < 1.29 is 0 Å². The van der Waals surface area contributed by atoms with Gasteiger partial charge in [0.1, 0.15) is 0 Å². The Hall–Kier alpha value is -1.02. The highest BCUT2D eigenvalue weighted by Gasteiger charge is 2.03. The molecule has 2 rings (SSSR count). The Bertz CT molecular complexity index is 431. The fraction of sp³-hybridized carbons (Fsp3) is 0.300. The van der Waals surface area contributed by atoms with Crippen LogP contribution in [0, 0.1) is 0 Å². The Balaban J connectivity index is 2.61. The summed E-state index contributed by atoms with van der Waals surface area (Å²) in [6.07, 6.45) is 0. The lowest BCUT2D eigenvalue weighted by Gasteiger charge is -2.03. The minimum Gasteiger partial charge on any atom is -0.329 e. The molecule has 1 aromatic carbocycles. The average molecular weight is 195 g/mol. The van der Waals surface area contributed by atoms with E-state index in [1.165, 1.54) is 5.56 Å². The van der Waals surface area contributed by atoms with E-state index in [-0.39, 0.29) is 0 Å². The first-order valence-electron chi connectivity index (χ1n) is 4.32. The minimum absolute atomic E-state index is 0.455. The van der Waals surface area contributed by atoms with Crippen LogP contribution in [0.2, 0.25) is 5.28 Å². The van der Waals surface area contributed by atoms with E-state index in [9.17, 15) is 0 Å². The minimum atomic E-state index is 0.455. The second kappa shape index (κ2) is 3.04. The van der Waals surface area contributed by atoms with Crippen LogP contribution >= 0.6 is 11.6 Å². The topological polar surface area (TPSA) is 28.7 Å². The third-order valence-corrected chi connectivity index (χ3v) is 2.32. The zero-order valence-electron chi connectivity index (χ0n) is 7.63. The smallest absolute Gasteiger partial charge is 0.201 e. The van der Waals surface area contributed by atoms with Gasteiger partial charge in [0, 0.05) is 0 Å². The van der Waals surface area contributed by atoms with Crippen LogP contribution in [0.4, 0.5) is 0 Å². The number of nitrogens with zero attached hydrogens (tertiary/aromatic N) is 1. The Morgan fingerprint density at radius 1 is 1.38 bits per heavy atom. The van der Waals surface area contributed by atoms with Crippen molar-refractivity contribution in [2.24, 2.45) is 0 Å². The highest BCUT2D eigenvalue weighted by molar-refractivity contribution is 6.29. The highest BCUT2D eigenvalue weighted by Crippen LogP contribution is 2.20. The van der Waals surface area contributed by atoms with E-state index in [1.54, 1.807) is 0 Å². The fourth-order valence-electron chi connectivity index (χ4n) is 1.35. The zero-order chi connectivity index (χ0) is 9.42. The molecule has 0 radical (unpaired) electrons. The van der Waals surface area contributed by atoms with Gasteiger partial charge in [0.05, 0.1) is 11.0 Å². The lowest BCUT2D eigenvalue weighted by Crippen LogP contribution is -1.85. The largest absolute Gasteiger partial charge is 0.329 e. The summed E-state index contributed by atoms with van der Waals surface area (Å²) in [5.41, 5.74) is 3.22. The molecule has 3 heteroatoms. The van der Waals surface area contributed by atoms with Gasteiger partial charge in [0.25, 0.3) is 0 Å². The fourth-order valence-corrected chi connectivity index (χ4v) is 1.54. The van der Waals surface area contributed by atoms with Crippen molar-refractivity contribution in [3.63, 3.8) is 0 Å². The third-order valence-electron chi connectivity index (χ3n) is 2.14. The van der Waals surface area contributed by atoms with E-state index in [0.717, 1.165) is 11.0 Å². The van der Waals surface area contributed by atoms with Crippen molar-refractivity contribution in [1.29, 1.82) is 0 Å². The number of hydrogen-bond donors (Lipinski definition) is 1. The predicted octanol–water partition coefficient (Wildman–Crippen LogP) is 3.34. The molecule has 1 heterocycles. The monoisotopic (exact) mass is 194 g/mol. The first-order valence-corrected chi connectivity index (χ1v) is 4.70. The highest BCUT2D eigenvalue weighted by atomic mass is 35.5. The summed E-state index contributed by atoms with van der Waals surface area (Å²) in [7, 11) is 0. The molecule has 0 aliphatic heterocycles. The predicted molar refractivity (Wildman–Crippen MR) is 55.2 cm³/mol. The standard InChI is InChI=1S/C10H11ClN2/c1-6(2)7-3-4-8-9(5-7)13-10(11)12-8/h3-6H,1-2H3,(H,12,13). The molecule has 0 bridgehead atoms. The summed E-state index contributed by atoms with van der Waals surface area (Å²) in [4.78, 5) is 7.14. The molecule has 1 N–H and O–H groups in total. The van der Waals surface area contributed by atoms with Gasteiger partial charge in [-0.1, -0.05) is 19.9 Å². The van der Waals surface area contributed by atoms with E-state index in [1.807, 2.05) is 6.07 Å². The van der Waals surface area contributed by atoms with Crippen LogP contribution in [0.5, 0.6) is 0 Å². The van der Waals surface area contributed by atoms with Gasteiger partial charge in [-0.05, 0) is 35.2 Å². The molecule has 0 spiro atoms. The maximum absolute atomic E-state index is 5.75. The number of rotatable bonds is 1. The SMILES string of the molecule is CC(C)c1ccc2[nH]c(Cl)nc2c1. The number of halogens is 1. The lowest BCUT2D eigenvalue weighted by molar-refractivity contribution is 0.868. The Labute approximate surface area is 81.9 Å². The number of hydrogen-bond acceptors (Lipinski definition) is 1. The average Bonchev–Trinajstić information content (AvgIpc) is 2.42. The molecule has 2 nitrogen and oxygen atoms in total. The Morgan fingerprint density at radius 2 is 2.15 bits per heavy atom. The van der Waals surface area contributed by atoms with Crippen LogP contribution in [0.15, 0.2) is 18.2 Å². The van der Waals surface area contributed by atoms with Crippen molar-refractivity contribution in [3.8, 4) is 0 Å². The van der Waals surface area contributed by atoms with Crippen LogP contribution < -0.4 is 0 Å². The molecule has 0 amide bonds. The molecule has 0 atom stereocenters. The molecule has 2 aromatic rings. The van der Waals surface area contributed by atoms with Crippen LogP contribution in [0.3, 0.4) is 0 Å². The normalized spacial score (nSPS) is 11.4. The van der Waals surface area contributed by atoms with Crippen LogP contribution in [0.25, 0.3) is 11.0 Å². The number of imidazole rings is 1. The number of aromatic amines is 1. The maximum atomic E-state index is 5.75. The first-order chi connectivity index (χ1) is 6.16. The van der Waals surface area contributed by atoms with Crippen LogP contribution in [0.1, 0.15) is 25.3 Å². The zero-order valence-corrected chi connectivity index (χ0v) is 8.39. The molecule has 0 fully saturated rings. The Morgan fingerprint density at radius 3 is 2.85 bits per heavy atom. The number of aromatic nitrogens is 2. The van der Waals surface area contributed by atoms with Crippen molar-refractivity contribution in [3.05, 3.63) is 29.0 Å². The summed E-state index contributed by atoms with van der Waals surface area (Å²) in [6, 6.07) is 6.19. The number of H-pyrrole nitrogens is 1. The van der Waals surface area contributed by atoms with Gasteiger partial charge in [0.2, 0.25) is 5.28 Å². The van der Waals surface area contributed by atoms with E-state index in [0.29, 0.717) is 11.2 Å². The Kier molecular flexibility index (Phi) is 2.00. The van der Waals surface area contributed by atoms with Gasteiger partial charge in [-0.2, -0.15) is 0 Å². The van der Waals surface area contributed by atoms with Gasteiger partial charge in [-0.15, -0.1) is 0 Å². The van der Waals surface area contributed by atoms with Crippen molar-refractivity contribution in [2.75, 3.05) is 0 Å². The van der Waals surface area contributed by atoms with Crippen LogP contribution in [-0.4, -0.2) is 9.97 Å². The summed E-state index contributed by atoms with van der Waals surface area (Å²) in [5, 5.41) is 0.455. The van der Waals surface area contributed by atoms with Crippen molar-refractivity contribution >= 4 is 22.6 Å². The molecular weight excluding hydrogens is 184 g/mol. The molecule has 1 aromatic heterocycles. The van der Waals surface area contributed by atoms with E-state index >= 15 is 0 Å². The number of benzene rings is 1. The quantitative estimate of drug-likeness (QED) is 0.741. The van der Waals surface area contributed by atoms with Gasteiger partial charge >= 0.3 is 0 Å². The van der Waals surface area contributed by atoms with Crippen molar-refractivity contribution in [1.82, 2.24) is 9.97 Å². The lowest BCUT2D eigenvalue weighted by atomic mass is 10.0. The summed E-state index contributed by atoms with van der Waals surface area (Å²) in [5.74, 6) is 0.528. The van der Waals surface area contributed by atoms with Gasteiger partial charge < -0.3 is 4.98 Å². The molecule has 0 unspecified atom stereocenters. The number of fused-ring (bicyclic) bond motifs is 1.